The maximum Gasteiger partial charge on any atom is 0.228 e. The molecule has 0 spiro atoms. The standard InChI is InChI=1S/C33H40NO/c1-19-11-12-23-25(13-19)21(3)28-30-29-24(20(2)18-34(30)10)14-22(16-32(4,5)6)15-27(29)35-31(28)26(23)17-33(7,8)9/h11-15,18H,16-17H2,1-10H3/q+1. The molecule has 3 aromatic carbocycles. The Kier molecular flexibility index (Phi) is 5.33. The second-order valence-electron chi connectivity index (χ2n) is 13.2. The maximum absolute atomic E-state index is 7.00. The second kappa shape index (κ2) is 7.82. The number of aryl methyl sites for hydroxylation is 4. The molecule has 2 heterocycles. The first-order valence-corrected chi connectivity index (χ1v) is 12.9. The van der Waals surface area contributed by atoms with E-state index in [0.29, 0.717) is 0 Å². The van der Waals surface area contributed by atoms with Crippen LogP contribution >= 0.6 is 0 Å². The molecule has 1 aromatic heterocycles. The van der Waals surface area contributed by atoms with E-state index in [1.165, 1.54) is 60.6 Å². The van der Waals surface area contributed by atoms with Crippen LogP contribution in [0.15, 0.2) is 36.5 Å². The van der Waals surface area contributed by atoms with Crippen LogP contribution in [-0.2, 0) is 19.9 Å². The van der Waals surface area contributed by atoms with Gasteiger partial charge >= 0.3 is 0 Å². The average molecular weight is 467 g/mol. The fraction of sp³-hybridized carbons (Fsp3) is 0.424. The summed E-state index contributed by atoms with van der Waals surface area (Å²) in [4.78, 5) is 0. The van der Waals surface area contributed by atoms with E-state index < -0.39 is 0 Å². The smallest absolute Gasteiger partial charge is 0.228 e. The van der Waals surface area contributed by atoms with Crippen molar-refractivity contribution in [3.05, 3.63) is 64.3 Å². The number of ether oxygens (including phenoxy) is 1. The molecule has 0 aliphatic carbocycles. The highest BCUT2D eigenvalue weighted by Crippen LogP contribution is 2.52. The van der Waals surface area contributed by atoms with Gasteiger partial charge in [0.05, 0.1) is 10.9 Å². The Hall–Kier alpha value is -2.87. The Labute approximate surface area is 210 Å². The number of hydrogen-bond donors (Lipinski definition) is 0. The van der Waals surface area contributed by atoms with E-state index >= 15 is 0 Å². The van der Waals surface area contributed by atoms with Gasteiger partial charge in [0.25, 0.3) is 0 Å². The lowest BCUT2D eigenvalue weighted by Crippen LogP contribution is -2.33. The molecule has 35 heavy (non-hydrogen) atoms. The molecule has 0 saturated carbocycles. The molecule has 2 heteroatoms. The number of hydrogen-bond acceptors (Lipinski definition) is 1. The van der Waals surface area contributed by atoms with Gasteiger partial charge in [0.1, 0.15) is 18.5 Å². The van der Waals surface area contributed by atoms with Crippen LogP contribution in [0.5, 0.6) is 11.5 Å². The fourth-order valence-corrected chi connectivity index (χ4v) is 5.95. The topological polar surface area (TPSA) is 13.1 Å². The first-order chi connectivity index (χ1) is 16.2. The third-order valence-electron chi connectivity index (χ3n) is 7.23. The number of rotatable bonds is 2. The van der Waals surface area contributed by atoms with Gasteiger partial charge in [0.15, 0.2) is 6.20 Å². The van der Waals surface area contributed by atoms with Crippen molar-refractivity contribution in [3.8, 4) is 22.8 Å². The van der Waals surface area contributed by atoms with Crippen molar-refractivity contribution in [2.75, 3.05) is 0 Å². The number of pyridine rings is 1. The van der Waals surface area contributed by atoms with Gasteiger partial charge < -0.3 is 4.74 Å². The minimum atomic E-state index is 0.142. The molecule has 0 bridgehead atoms. The highest BCUT2D eigenvalue weighted by atomic mass is 16.5. The molecule has 2 nitrogen and oxygen atoms in total. The molecular weight excluding hydrogens is 426 g/mol. The summed E-state index contributed by atoms with van der Waals surface area (Å²) in [5.74, 6) is 2.06. The first kappa shape index (κ1) is 23.9. The SMILES string of the molecule is Cc1ccc2c(CC(C)(C)C)c3c(c(C)c2c1)-c1c2c(cc(CC(C)(C)C)cc2c(C)c[n+]1C)O3. The van der Waals surface area contributed by atoms with Crippen LogP contribution in [0.4, 0.5) is 0 Å². The van der Waals surface area contributed by atoms with Crippen LogP contribution in [0, 0.1) is 31.6 Å². The van der Waals surface area contributed by atoms with Crippen molar-refractivity contribution in [2.45, 2.75) is 75.2 Å². The van der Waals surface area contributed by atoms with Gasteiger partial charge in [-0.05, 0) is 72.4 Å². The summed E-state index contributed by atoms with van der Waals surface area (Å²) in [5, 5.41) is 5.21. The maximum atomic E-state index is 7.00. The Morgan fingerprint density at radius 1 is 0.800 bits per heavy atom. The molecule has 0 radical (unpaired) electrons. The number of nitrogens with zero attached hydrogens (tertiary/aromatic N) is 1. The summed E-state index contributed by atoms with van der Waals surface area (Å²) in [7, 11) is 2.19. The summed E-state index contributed by atoms with van der Waals surface area (Å²) in [6.07, 6.45) is 4.28. The lowest BCUT2D eigenvalue weighted by atomic mass is 9.81. The molecule has 0 saturated heterocycles. The van der Waals surface area contributed by atoms with Gasteiger partial charge in [-0.3, -0.25) is 0 Å². The normalized spacial score (nSPS) is 13.3. The molecule has 0 unspecified atom stereocenters. The van der Waals surface area contributed by atoms with E-state index in [9.17, 15) is 0 Å². The highest BCUT2D eigenvalue weighted by Gasteiger charge is 2.34. The summed E-state index contributed by atoms with van der Waals surface area (Å²) < 4.78 is 9.32. The number of benzene rings is 3. The monoisotopic (exact) mass is 466 g/mol. The quantitative estimate of drug-likeness (QED) is 0.237. The lowest BCUT2D eigenvalue weighted by Gasteiger charge is -2.29. The zero-order valence-corrected chi connectivity index (χ0v) is 23.2. The summed E-state index contributed by atoms with van der Waals surface area (Å²) in [6.45, 7) is 20.6. The van der Waals surface area contributed by atoms with Crippen molar-refractivity contribution >= 4 is 21.5 Å². The molecular formula is C33H40NO+. The zero-order chi connectivity index (χ0) is 25.4. The Bertz CT molecular complexity index is 1510. The van der Waals surface area contributed by atoms with Crippen LogP contribution in [0.2, 0.25) is 0 Å². The van der Waals surface area contributed by atoms with Crippen LogP contribution in [-0.4, -0.2) is 0 Å². The molecule has 0 fully saturated rings. The Morgan fingerprint density at radius 2 is 1.49 bits per heavy atom. The molecule has 0 N–H and O–H groups in total. The van der Waals surface area contributed by atoms with E-state index in [1.54, 1.807) is 0 Å². The lowest BCUT2D eigenvalue weighted by molar-refractivity contribution is -0.659. The van der Waals surface area contributed by atoms with E-state index in [0.717, 1.165) is 24.3 Å². The van der Waals surface area contributed by atoms with Gasteiger partial charge in [0.2, 0.25) is 5.69 Å². The zero-order valence-electron chi connectivity index (χ0n) is 23.2. The van der Waals surface area contributed by atoms with Crippen LogP contribution in [0.1, 0.15) is 69.4 Å². The number of fused-ring (bicyclic) bond motifs is 3. The van der Waals surface area contributed by atoms with Crippen LogP contribution in [0.25, 0.3) is 32.8 Å². The van der Waals surface area contributed by atoms with Gasteiger partial charge in [-0.1, -0.05) is 71.4 Å². The van der Waals surface area contributed by atoms with E-state index in [1.807, 2.05) is 0 Å². The third-order valence-corrected chi connectivity index (χ3v) is 7.23. The molecule has 1 aliphatic heterocycles. The minimum Gasteiger partial charge on any atom is -0.455 e. The molecule has 0 amide bonds. The van der Waals surface area contributed by atoms with Crippen molar-refractivity contribution in [2.24, 2.45) is 17.9 Å². The van der Waals surface area contributed by atoms with E-state index in [4.69, 9.17) is 4.74 Å². The average Bonchev–Trinajstić information content (AvgIpc) is 2.71. The van der Waals surface area contributed by atoms with Crippen molar-refractivity contribution < 1.29 is 9.30 Å². The van der Waals surface area contributed by atoms with Crippen LogP contribution < -0.4 is 9.30 Å². The summed E-state index contributed by atoms with van der Waals surface area (Å²) in [5.41, 5.74) is 9.46. The second-order valence-corrected chi connectivity index (χ2v) is 13.2. The Morgan fingerprint density at radius 3 is 2.14 bits per heavy atom. The van der Waals surface area contributed by atoms with Crippen molar-refractivity contribution in [3.63, 3.8) is 0 Å². The van der Waals surface area contributed by atoms with E-state index in [-0.39, 0.29) is 10.8 Å². The van der Waals surface area contributed by atoms with E-state index in [2.05, 4.69) is 110 Å². The van der Waals surface area contributed by atoms with Crippen LogP contribution in [0.3, 0.4) is 0 Å². The minimum absolute atomic E-state index is 0.142. The number of aromatic nitrogens is 1. The van der Waals surface area contributed by atoms with Crippen molar-refractivity contribution in [1.82, 2.24) is 0 Å². The molecule has 5 rings (SSSR count). The highest BCUT2D eigenvalue weighted by molar-refractivity contribution is 6.07. The largest absolute Gasteiger partial charge is 0.455 e. The molecule has 1 aliphatic rings. The Balaban J connectivity index is 1.93. The first-order valence-electron chi connectivity index (χ1n) is 12.9. The summed E-state index contributed by atoms with van der Waals surface area (Å²) >= 11 is 0. The predicted molar refractivity (Wildman–Crippen MR) is 149 cm³/mol. The van der Waals surface area contributed by atoms with Gasteiger partial charge in [-0.15, -0.1) is 0 Å². The van der Waals surface area contributed by atoms with Gasteiger partial charge in [0, 0.05) is 16.5 Å². The molecule has 4 aromatic rings. The summed E-state index contributed by atoms with van der Waals surface area (Å²) in [6, 6.07) is 11.6. The van der Waals surface area contributed by atoms with Gasteiger partial charge in [-0.25, -0.2) is 0 Å². The molecule has 0 atom stereocenters. The fourth-order valence-electron chi connectivity index (χ4n) is 5.95. The predicted octanol–water partition coefficient (Wildman–Crippen LogP) is 8.69. The third kappa shape index (κ3) is 4.11. The van der Waals surface area contributed by atoms with Gasteiger partial charge in [-0.2, -0.15) is 4.57 Å². The van der Waals surface area contributed by atoms with Crippen molar-refractivity contribution in [1.29, 1.82) is 0 Å². The molecule has 182 valence electrons.